The van der Waals surface area contributed by atoms with Crippen molar-refractivity contribution in [3.05, 3.63) is 95.3 Å². The molecule has 30 heavy (non-hydrogen) atoms. The van der Waals surface area contributed by atoms with Gasteiger partial charge in [0, 0.05) is 23.4 Å². The van der Waals surface area contributed by atoms with E-state index in [1.165, 1.54) is 6.08 Å². The lowest BCUT2D eigenvalue weighted by molar-refractivity contribution is -0.117. The van der Waals surface area contributed by atoms with Crippen molar-refractivity contribution in [1.29, 1.82) is 0 Å². The highest BCUT2D eigenvalue weighted by Gasteiger charge is 2.14. The van der Waals surface area contributed by atoms with Gasteiger partial charge in [-0.15, -0.1) is 0 Å². The summed E-state index contributed by atoms with van der Waals surface area (Å²) < 4.78 is 1.80. The maximum absolute atomic E-state index is 12.2. The van der Waals surface area contributed by atoms with Crippen molar-refractivity contribution in [2.45, 2.75) is 32.7 Å². The fraction of sp³-hybridized carbons (Fsp3) is 0.208. The molecule has 0 bridgehead atoms. The van der Waals surface area contributed by atoms with E-state index in [2.05, 4.69) is 36.7 Å². The number of nitrogens with zero attached hydrogens (tertiary/aromatic N) is 2. The molecular weight excluding hydrogens is 376 g/mol. The first-order chi connectivity index (χ1) is 14.3. The minimum atomic E-state index is -0.425. The quantitative estimate of drug-likeness (QED) is 0.505. The van der Waals surface area contributed by atoms with Crippen LogP contribution in [0.25, 0.3) is 6.08 Å². The van der Waals surface area contributed by atoms with Crippen molar-refractivity contribution >= 4 is 17.9 Å². The SMILES string of the molecule is CC(C)(C)c1ccc(C(=O)NNC(=O)/C=C/c2cnn(Cc3ccccc3)c2)cc1. The van der Waals surface area contributed by atoms with Crippen molar-refractivity contribution < 1.29 is 9.59 Å². The summed E-state index contributed by atoms with van der Waals surface area (Å²) in [6.07, 6.45) is 6.54. The van der Waals surface area contributed by atoms with Crippen LogP contribution in [0.5, 0.6) is 0 Å². The summed E-state index contributed by atoms with van der Waals surface area (Å²) in [5.41, 5.74) is 8.39. The van der Waals surface area contributed by atoms with Crippen LogP contribution in [0.15, 0.2) is 73.1 Å². The van der Waals surface area contributed by atoms with Gasteiger partial charge in [0.2, 0.25) is 0 Å². The predicted molar refractivity (Wildman–Crippen MR) is 118 cm³/mol. The van der Waals surface area contributed by atoms with E-state index < -0.39 is 5.91 Å². The Labute approximate surface area is 176 Å². The Morgan fingerprint density at radius 2 is 1.70 bits per heavy atom. The summed E-state index contributed by atoms with van der Waals surface area (Å²) in [5, 5.41) is 4.29. The monoisotopic (exact) mass is 402 g/mol. The Hall–Kier alpha value is -3.67. The Morgan fingerprint density at radius 3 is 2.37 bits per heavy atom. The van der Waals surface area contributed by atoms with Crippen LogP contribution in [0.1, 0.15) is 47.8 Å². The van der Waals surface area contributed by atoms with E-state index in [-0.39, 0.29) is 11.3 Å². The van der Waals surface area contributed by atoms with E-state index in [9.17, 15) is 9.59 Å². The molecule has 0 spiro atoms. The molecule has 0 aliphatic heterocycles. The minimum Gasteiger partial charge on any atom is -0.268 e. The number of hydrogen-bond donors (Lipinski definition) is 2. The number of carbonyl (C=O) groups excluding carboxylic acids is 2. The van der Waals surface area contributed by atoms with Crippen LogP contribution in [-0.2, 0) is 16.8 Å². The number of benzene rings is 2. The highest BCUT2D eigenvalue weighted by Crippen LogP contribution is 2.22. The molecule has 3 rings (SSSR count). The van der Waals surface area contributed by atoms with E-state index in [1.807, 2.05) is 48.7 Å². The molecular formula is C24H26N4O2. The summed E-state index contributed by atoms with van der Waals surface area (Å²) in [5.74, 6) is -0.793. The molecule has 1 heterocycles. The van der Waals surface area contributed by atoms with Gasteiger partial charge in [-0.05, 0) is 34.8 Å². The largest absolute Gasteiger partial charge is 0.269 e. The fourth-order valence-corrected chi connectivity index (χ4v) is 2.85. The topological polar surface area (TPSA) is 76.0 Å². The van der Waals surface area contributed by atoms with Gasteiger partial charge in [0.1, 0.15) is 0 Å². The lowest BCUT2D eigenvalue weighted by atomic mass is 9.87. The molecule has 154 valence electrons. The minimum absolute atomic E-state index is 0.0168. The molecule has 3 aromatic rings. The number of hydrogen-bond acceptors (Lipinski definition) is 3. The van der Waals surface area contributed by atoms with Gasteiger partial charge >= 0.3 is 0 Å². The number of amides is 2. The second-order valence-electron chi connectivity index (χ2n) is 8.06. The zero-order chi connectivity index (χ0) is 21.6. The smallest absolute Gasteiger partial charge is 0.268 e. The van der Waals surface area contributed by atoms with E-state index in [4.69, 9.17) is 0 Å². The van der Waals surface area contributed by atoms with Gasteiger partial charge < -0.3 is 0 Å². The predicted octanol–water partition coefficient (Wildman–Crippen LogP) is 3.70. The molecule has 0 unspecified atom stereocenters. The number of nitrogens with one attached hydrogen (secondary N) is 2. The first-order valence-electron chi connectivity index (χ1n) is 9.76. The van der Waals surface area contributed by atoms with Crippen molar-refractivity contribution in [1.82, 2.24) is 20.6 Å². The van der Waals surface area contributed by atoms with Crippen LogP contribution >= 0.6 is 0 Å². The summed E-state index contributed by atoms with van der Waals surface area (Å²) in [7, 11) is 0. The van der Waals surface area contributed by atoms with E-state index in [1.54, 1.807) is 29.1 Å². The molecule has 0 saturated heterocycles. The standard InChI is InChI=1S/C24H26N4O2/c1-24(2,3)21-12-10-20(11-13-21)23(30)27-26-22(29)14-9-19-15-25-28(17-19)16-18-7-5-4-6-8-18/h4-15,17H,16H2,1-3H3,(H,26,29)(H,27,30)/b14-9+. The molecule has 0 saturated carbocycles. The first kappa shape index (κ1) is 21.0. The van der Waals surface area contributed by atoms with E-state index in [0.717, 1.165) is 16.7 Å². The van der Waals surface area contributed by atoms with Crippen LogP contribution in [-0.4, -0.2) is 21.6 Å². The summed E-state index contributed by atoms with van der Waals surface area (Å²) in [6, 6.07) is 17.3. The van der Waals surface area contributed by atoms with Crippen LogP contribution in [0, 0.1) is 0 Å². The highest BCUT2D eigenvalue weighted by atomic mass is 16.2. The van der Waals surface area contributed by atoms with Gasteiger partial charge in [0.05, 0.1) is 12.7 Å². The van der Waals surface area contributed by atoms with Crippen molar-refractivity contribution in [2.75, 3.05) is 0 Å². The fourth-order valence-electron chi connectivity index (χ4n) is 2.85. The molecule has 2 amide bonds. The second-order valence-corrected chi connectivity index (χ2v) is 8.06. The molecule has 1 aromatic heterocycles. The van der Waals surface area contributed by atoms with Gasteiger partial charge in [-0.2, -0.15) is 5.10 Å². The number of carbonyl (C=O) groups is 2. The summed E-state index contributed by atoms with van der Waals surface area (Å²) >= 11 is 0. The zero-order valence-electron chi connectivity index (χ0n) is 17.4. The van der Waals surface area contributed by atoms with Gasteiger partial charge in [-0.25, -0.2) is 0 Å². The third-order valence-corrected chi connectivity index (χ3v) is 4.58. The maximum atomic E-state index is 12.2. The van der Waals surface area contributed by atoms with Crippen molar-refractivity contribution in [3.8, 4) is 0 Å². The Morgan fingerprint density at radius 1 is 1.00 bits per heavy atom. The summed E-state index contributed by atoms with van der Waals surface area (Å²) in [4.78, 5) is 24.2. The average molecular weight is 402 g/mol. The zero-order valence-corrected chi connectivity index (χ0v) is 17.4. The molecule has 0 aliphatic carbocycles. The third-order valence-electron chi connectivity index (χ3n) is 4.58. The molecule has 6 heteroatoms. The lowest BCUT2D eigenvalue weighted by Crippen LogP contribution is -2.40. The van der Waals surface area contributed by atoms with Crippen LogP contribution in [0.4, 0.5) is 0 Å². The van der Waals surface area contributed by atoms with Gasteiger partial charge in [0.25, 0.3) is 11.8 Å². The molecule has 0 radical (unpaired) electrons. The normalized spacial score (nSPS) is 11.4. The van der Waals surface area contributed by atoms with Gasteiger partial charge in [-0.3, -0.25) is 25.1 Å². The molecule has 0 aliphatic rings. The van der Waals surface area contributed by atoms with Crippen molar-refractivity contribution in [3.63, 3.8) is 0 Å². The van der Waals surface area contributed by atoms with Crippen LogP contribution in [0.2, 0.25) is 0 Å². The second kappa shape index (κ2) is 9.22. The highest BCUT2D eigenvalue weighted by molar-refractivity contribution is 5.97. The van der Waals surface area contributed by atoms with Gasteiger partial charge in [-0.1, -0.05) is 63.2 Å². The summed E-state index contributed by atoms with van der Waals surface area (Å²) in [6.45, 7) is 6.99. The van der Waals surface area contributed by atoms with Crippen molar-refractivity contribution in [2.24, 2.45) is 0 Å². The molecule has 2 N–H and O–H groups in total. The van der Waals surface area contributed by atoms with Crippen LogP contribution < -0.4 is 10.9 Å². The molecule has 0 atom stereocenters. The van der Waals surface area contributed by atoms with Crippen LogP contribution in [0.3, 0.4) is 0 Å². The lowest BCUT2D eigenvalue weighted by Gasteiger charge is -2.19. The molecule has 6 nitrogen and oxygen atoms in total. The Bertz CT molecular complexity index is 1030. The maximum Gasteiger partial charge on any atom is 0.269 e. The Balaban J connectivity index is 1.49. The first-order valence-corrected chi connectivity index (χ1v) is 9.76. The average Bonchev–Trinajstić information content (AvgIpc) is 3.18. The third kappa shape index (κ3) is 5.91. The number of aromatic nitrogens is 2. The number of rotatable bonds is 5. The van der Waals surface area contributed by atoms with E-state index >= 15 is 0 Å². The molecule has 0 fully saturated rings. The molecule has 2 aromatic carbocycles. The Kier molecular flexibility index (Phi) is 6.47. The van der Waals surface area contributed by atoms with E-state index in [0.29, 0.717) is 12.1 Å². The number of hydrazine groups is 1. The van der Waals surface area contributed by atoms with Gasteiger partial charge in [0.15, 0.2) is 0 Å².